The van der Waals surface area contributed by atoms with Gasteiger partial charge in [-0.25, -0.2) is 0 Å². The summed E-state index contributed by atoms with van der Waals surface area (Å²) in [5.41, 5.74) is 6.31. The number of nitrogens with one attached hydrogen (secondary N) is 1. The lowest BCUT2D eigenvalue weighted by atomic mass is 10.0. The molecule has 0 unspecified atom stereocenters. The van der Waals surface area contributed by atoms with E-state index in [1.807, 2.05) is 6.07 Å². The molecule has 0 atom stereocenters. The van der Waals surface area contributed by atoms with Gasteiger partial charge in [-0.3, -0.25) is 0 Å². The van der Waals surface area contributed by atoms with Crippen molar-refractivity contribution in [3.63, 3.8) is 0 Å². The van der Waals surface area contributed by atoms with Crippen molar-refractivity contribution in [2.45, 2.75) is 20.4 Å². The fraction of sp³-hybridized carbons (Fsp3) is 0.368. The average molecular weight is 312 g/mol. The van der Waals surface area contributed by atoms with Gasteiger partial charge in [0.25, 0.3) is 0 Å². The van der Waals surface area contributed by atoms with Crippen molar-refractivity contribution >= 4 is 11.4 Å². The molecule has 4 nitrogen and oxygen atoms in total. The molecule has 0 saturated carbocycles. The first-order chi connectivity index (χ1) is 11.1. The number of fused-ring (bicyclic) bond motifs is 1. The van der Waals surface area contributed by atoms with Crippen molar-refractivity contribution < 1.29 is 9.47 Å². The molecule has 23 heavy (non-hydrogen) atoms. The van der Waals surface area contributed by atoms with Gasteiger partial charge in [-0.05, 0) is 54.8 Å². The molecular weight excluding hydrogens is 288 g/mol. The number of nitrogens with zero attached hydrogens (tertiary/aromatic N) is 1. The van der Waals surface area contributed by atoms with E-state index in [9.17, 15) is 0 Å². The molecule has 1 aliphatic rings. The van der Waals surface area contributed by atoms with Gasteiger partial charge in [0.05, 0.1) is 25.6 Å². The Balaban J connectivity index is 1.92. The molecule has 0 aliphatic carbocycles. The minimum Gasteiger partial charge on any atom is -0.497 e. The van der Waals surface area contributed by atoms with Gasteiger partial charge in [-0.1, -0.05) is 0 Å². The van der Waals surface area contributed by atoms with Gasteiger partial charge in [0, 0.05) is 25.7 Å². The standard InChI is InChI=1S/C19H24N2O2/c1-13-7-18-19(8-14(13)2)21(6-5-20-18)12-15-9-16(22-3)11-17(10-15)23-4/h7-11,20H,5-6,12H2,1-4H3. The van der Waals surface area contributed by atoms with Crippen LogP contribution in [0, 0.1) is 13.8 Å². The van der Waals surface area contributed by atoms with Gasteiger partial charge in [-0.2, -0.15) is 0 Å². The Bertz CT molecular complexity index is 691. The molecule has 0 radical (unpaired) electrons. The van der Waals surface area contributed by atoms with Crippen molar-refractivity contribution in [3.8, 4) is 11.5 Å². The summed E-state index contributed by atoms with van der Waals surface area (Å²) in [4.78, 5) is 2.41. The summed E-state index contributed by atoms with van der Waals surface area (Å²) >= 11 is 0. The van der Waals surface area contributed by atoms with E-state index in [0.717, 1.165) is 31.1 Å². The largest absolute Gasteiger partial charge is 0.497 e. The van der Waals surface area contributed by atoms with Gasteiger partial charge in [0.1, 0.15) is 11.5 Å². The third-order valence-electron chi connectivity index (χ3n) is 4.43. The van der Waals surface area contributed by atoms with E-state index in [2.05, 4.69) is 48.3 Å². The molecule has 0 saturated heterocycles. The molecule has 1 heterocycles. The van der Waals surface area contributed by atoms with Crippen LogP contribution in [0.1, 0.15) is 16.7 Å². The topological polar surface area (TPSA) is 33.7 Å². The zero-order valence-corrected chi connectivity index (χ0v) is 14.3. The molecule has 122 valence electrons. The summed E-state index contributed by atoms with van der Waals surface area (Å²) in [6.07, 6.45) is 0. The van der Waals surface area contributed by atoms with Crippen molar-refractivity contribution in [1.29, 1.82) is 0 Å². The van der Waals surface area contributed by atoms with Gasteiger partial charge >= 0.3 is 0 Å². The maximum atomic E-state index is 5.38. The first-order valence-electron chi connectivity index (χ1n) is 7.92. The summed E-state index contributed by atoms with van der Waals surface area (Å²) in [5, 5.41) is 3.50. The normalized spacial score (nSPS) is 13.3. The highest BCUT2D eigenvalue weighted by molar-refractivity contribution is 5.74. The van der Waals surface area contributed by atoms with Crippen molar-refractivity contribution in [2.75, 3.05) is 37.5 Å². The number of anilines is 2. The molecule has 1 N–H and O–H groups in total. The van der Waals surface area contributed by atoms with Crippen LogP contribution in [0.2, 0.25) is 0 Å². The van der Waals surface area contributed by atoms with Crippen LogP contribution in [0.15, 0.2) is 30.3 Å². The Morgan fingerprint density at radius 3 is 2.26 bits per heavy atom. The van der Waals surface area contributed by atoms with E-state index in [4.69, 9.17) is 9.47 Å². The molecule has 3 rings (SSSR count). The molecule has 0 fully saturated rings. The smallest absolute Gasteiger partial charge is 0.122 e. The van der Waals surface area contributed by atoms with Crippen LogP contribution in [-0.2, 0) is 6.54 Å². The van der Waals surface area contributed by atoms with Crippen LogP contribution >= 0.6 is 0 Å². The Labute approximate surface area is 138 Å². The first kappa shape index (κ1) is 15.5. The van der Waals surface area contributed by atoms with E-state index in [1.54, 1.807) is 14.2 Å². The molecule has 0 bridgehead atoms. The van der Waals surface area contributed by atoms with Crippen molar-refractivity contribution in [2.24, 2.45) is 0 Å². The van der Waals surface area contributed by atoms with Gasteiger partial charge < -0.3 is 19.7 Å². The SMILES string of the molecule is COc1cc(CN2CCNc3cc(C)c(C)cc32)cc(OC)c1. The second-order valence-electron chi connectivity index (χ2n) is 6.02. The maximum Gasteiger partial charge on any atom is 0.122 e. The predicted molar refractivity (Wildman–Crippen MR) is 95.0 cm³/mol. The third-order valence-corrected chi connectivity index (χ3v) is 4.43. The van der Waals surface area contributed by atoms with Gasteiger partial charge in [-0.15, -0.1) is 0 Å². The van der Waals surface area contributed by atoms with Crippen LogP contribution < -0.4 is 19.7 Å². The van der Waals surface area contributed by atoms with E-state index < -0.39 is 0 Å². The van der Waals surface area contributed by atoms with Crippen LogP contribution in [0.4, 0.5) is 11.4 Å². The number of hydrogen-bond acceptors (Lipinski definition) is 4. The number of hydrogen-bond donors (Lipinski definition) is 1. The molecule has 0 aromatic heterocycles. The summed E-state index contributed by atoms with van der Waals surface area (Å²) in [7, 11) is 3.37. The molecule has 2 aromatic carbocycles. The lowest BCUT2D eigenvalue weighted by Gasteiger charge is -2.33. The zero-order chi connectivity index (χ0) is 16.4. The van der Waals surface area contributed by atoms with E-state index in [-0.39, 0.29) is 0 Å². The predicted octanol–water partition coefficient (Wildman–Crippen LogP) is 3.75. The fourth-order valence-electron chi connectivity index (χ4n) is 2.99. The molecule has 0 spiro atoms. The minimum atomic E-state index is 0.829. The van der Waals surface area contributed by atoms with Crippen LogP contribution in [0.5, 0.6) is 11.5 Å². The second kappa shape index (κ2) is 6.41. The van der Waals surface area contributed by atoms with E-state index in [1.165, 1.54) is 28.1 Å². The first-order valence-corrected chi connectivity index (χ1v) is 7.92. The highest BCUT2D eigenvalue weighted by Gasteiger charge is 2.18. The summed E-state index contributed by atoms with van der Waals surface area (Å²) in [6, 6.07) is 10.6. The van der Waals surface area contributed by atoms with Crippen molar-refractivity contribution in [3.05, 3.63) is 47.0 Å². The summed E-state index contributed by atoms with van der Waals surface area (Å²) in [6.45, 7) is 7.09. The average Bonchev–Trinajstić information content (AvgIpc) is 2.56. The van der Waals surface area contributed by atoms with Gasteiger partial charge in [0.2, 0.25) is 0 Å². The Morgan fingerprint density at radius 1 is 0.957 bits per heavy atom. The number of rotatable bonds is 4. The Kier molecular flexibility index (Phi) is 4.33. The number of benzene rings is 2. The van der Waals surface area contributed by atoms with Crippen LogP contribution in [0.3, 0.4) is 0 Å². The second-order valence-corrected chi connectivity index (χ2v) is 6.02. The lowest BCUT2D eigenvalue weighted by molar-refractivity contribution is 0.393. The van der Waals surface area contributed by atoms with Gasteiger partial charge in [0.15, 0.2) is 0 Å². The minimum absolute atomic E-state index is 0.829. The molecule has 4 heteroatoms. The molecule has 0 amide bonds. The molecule has 1 aliphatic heterocycles. The van der Waals surface area contributed by atoms with Crippen molar-refractivity contribution in [1.82, 2.24) is 0 Å². The highest BCUT2D eigenvalue weighted by Crippen LogP contribution is 2.33. The van der Waals surface area contributed by atoms with Crippen LogP contribution in [0.25, 0.3) is 0 Å². The number of aryl methyl sites for hydroxylation is 2. The maximum absolute atomic E-state index is 5.38. The monoisotopic (exact) mass is 312 g/mol. The van der Waals surface area contributed by atoms with Crippen LogP contribution in [-0.4, -0.2) is 27.3 Å². The Hall–Kier alpha value is -2.36. The highest BCUT2D eigenvalue weighted by atomic mass is 16.5. The lowest BCUT2D eigenvalue weighted by Crippen LogP contribution is -2.33. The van der Waals surface area contributed by atoms with E-state index >= 15 is 0 Å². The summed E-state index contributed by atoms with van der Waals surface area (Å²) < 4.78 is 10.8. The summed E-state index contributed by atoms with van der Waals surface area (Å²) in [5.74, 6) is 1.66. The zero-order valence-electron chi connectivity index (χ0n) is 14.3. The fourth-order valence-corrected chi connectivity index (χ4v) is 2.99. The quantitative estimate of drug-likeness (QED) is 0.932. The molecular formula is C19H24N2O2. The number of ether oxygens (including phenoxy) is 2. The van der Waals surface area contributed by atoms with E-state index in [0.29, 0.717) is 0 Å². The number of methoxy groups -OCH3 is 2. The molecule has 2 aromatic rings. The third kappa shape index (κ3) is 3.21. The Morgan fingerprint density at radius 2 is 1.61 bits per heavy atom.